The van der Waals surface area contributed by atoms with Crippen LogP contribution in [0.15, 0.2) is 120 Å². The maximum atomic E-state index is 5.17. The summed E-state index contributed by atoms with van der Waals surface area (Å²) in [5, 5.41) is 9.75. The van der Waals surface area contributed by atoms with E-state index in [-0.39, 0.29) is 12.1 Å². The van der Waals surface area contributed by atoms with E-state index in [2.05, 4.69) is 134 Å². The SMILES string of the molecule is C[C@@H](N=c1cccccc1N[C@H](C)c1cccc2ccccc12)c1cccc2ccccc12. The van der Waals surface area contributed by atoms with Crippen LogP contribution in [-0.4, -0.2) is 0 Å². The van der Waals surface area contributed by atoms with Gasteiger partial charge in [-0.15, -0.1) is 0 Å². The molecule has 0 bridgehead atoms. The average Bonchev–Trinajstić information content (AvgIpc) is 3.08. The Labute approximate surface area is 195 Å². The van der Waals surface area contributed by atoms with Crippen molar-refractivity contribution in [3.63, 3.8) is 0 Å². The van der Waals surface area contributed by atoms with E-state index in [4.69, 9.17) is 4.99 Å². The number of anilines is 1. The maximum Gasteiger partial charge on any atom is 0.0813 e. The lowest BCUT2D eigenvalue weighted by Gasteiger charge is -2.18. The molecule has 0 amide bonds. The highest BCUT2D eigenvalue weighted by Gasteiger charge is 2.11. The van der Waals surface area contributed by atoms with Crippen LogP contribution in [-0.2, 0) is 0 Å². The highest BCUT2D eigenvalue weighted by atomic mass is 14.9. The first-order chi connectivity index (χ1) is 16.2. The van der Waals surface area contributed by atoms with E-state index in [1.165, 1.54) is 32.7 Å². The summed E-state index contributed by atoms with van der Waals surface area (Å²) < 4.78 is 0. The van der Waals surface area contributed by atoms with Gasteiger partial charge in [-0.2, -0.15) is 0 Å². The summed E-state index contributed by atoms with van der Waals surface area (Å²) in [6.45, 7) is 4.39. The number of fused-ring (bicyclic) bond motifs is 2. The molecule has 0 unspecified atom stereocenters. The predicted molar refractivity (Wildman–Crippen MR) is 140 cm³/mol. The number of nitrogens with zero attached hydrogens (tertiary/aromatic N) is 1. The van der Waals surface area contributed by atoms with Crippen LogP contribution >= 0.6 is 0 Å². The lowest BCUT2D eigenvalue weighted by Crippen LogP contribution is -2.15. The Hall–Kier alpha value is -3.91. The highest BCUT2D eigenvalue weighted by molar-refractivity contribution is 5.87. The van der Waals surface area contributed by atoms with E-state index in [0.29, 0.717) is 0 Å². The molecule has 0 heterocycles. The summed E-state index contributed by atoms with van der Waals surface area (Å²) in [5.74, 6) is 0. The topological polar surface area (TPSA) is 24.4 Å². The molecule has 1 N–H and O–H groups in total. The third kappa shape index (κ3) is 4.38. The molecule has 0 saturated heterocycles. The first kappa shape index (κ1) is 21.0. The normalized spacial score (nSPS) is 13.7. The molecule has 2 atom stereocenters. The molecule has 0 saturated carbocycles. The maximum absolute atomic E-state index is 5.17. The molecule has 33 heavy (non-hydrogen) atoms. The molecule has 0 spiro atoms. The molecular formula is C31H28N2. The second-order valence-electron chi connectivity index (χ2n) is 8.52. The third-order valence-corrected chi connectivity index (χ3v) is 6.28. The van der Waals surface area contributed by atoms with Crippen molar-refractivity contribution >= 4 is 27.2 Å². The van der Waals surface area contributed by atoms with Gasteiger partial charge in [-0.05, 0) is 58.7 Å². The molecule has 5 rings (SSSR count). The van der Waals surface area contributed by atoms with Crippen molar-refractivity contribution < 1.29 is 0 Å². The quantitative estimate of drug-likeness (QED) is 0.303. The van der Waals surface area contributed by atoms with Crippen LogP contribution in [0, 0.1) is 0 Å². The Balaban J connectivity index is 1.54. The van der Waals surface area contributed by atoms with E-state index in [0.717, 1.165) is 11.0 Å². The molecule has 0 aliphatic heterocycles. The third-order valence-electron chi connectivity index (χ3n) is 6.28. The number of benzene rings is 4. The molecule has 0 aromatic heterocycles. The predicted octanol–water partition coefficient (Wildman–Crippen LogP) is 7.83. The molecule has 0 fully saturated rings. The summed E-state index contributed by atoms with van der Waals surface area (Å²) in [5.41, 5.74) is 3.56. The number of nitrogens with one attached hydrogen (secondary N) is 1. The first-order valence-corrected chi connectivity index (χ1v) is 11.6. The Morgan fingerprint density at radius 3 is 1.82 bits per heavy atom. The Morgan fingerprint density at radius 1 is 0.545 bits per heavy atom. The van der Waals surface area contributed by atoms with Gasteiger partial charge in [0.05, 0.1) is 17.1 Å². The first-order valence-electron chi connectivity index (χ1n) is 11.6. The van der Waals surface area contributed by atoms with Gasteiger partial charge in [-0.1, -0.05) is 103 Å². The zero-order valence-corrected chi connectivity index (χ0v) is 19.1. The zero-order valence-electron chi connectivity index (χ0n) is 19.1. The van der Waals surface area contributed by atoms with Crippen molar-refractivity contribution in [3.05, 3.63) is 132 Å². The number of rotatable bonds is 5. The van der Waals surface area contributed by atoms with Crippen LogP contribution in [0.2, 0.25) is 0 Å². The molecule has 2 nitrogen and oxygen atoms in total. The number of hydrogen-bond donors (Lipinski definition) is 1. The average molecular weight is 429 g/mol. The molecule has 0 aliphatic rings. The highest BCUT2D eigenvalue weighted by Crippen LogP contribution is 2.28. The van der Waals surface area contributed by atoms with E-state index in [1.807, 2.05) is 0 Å². The van der Waals surface area contributed by atoms with Crippen molar-refractivity contribution in [2.75, 3.05) is 5.32 Å². The Morgan fingerprint density at radius 2 is 1.09 bits per heavy atom. The van der Waals surface area contributed by atoms with Crippen LogP contribution in [0.4, 0.5) is 5.69 Å². The summed E-state index contributed by atoms with van der Waals surface area (Å²) in [6, 6.07) is 40.6. The fourth-order valence-corrected chi connectivity index (χ4v) is 4.60. The van der Waals surface area contributed by atoms with Gasteiger partial charge in [-0.3, -0.25) is 4.99 Å². The van der Waals surface area contributed by atoms with Crippen LogP contribution in [0.5, 0.6) is 0 Å². The van der Waals surface area contributed by atoms with Crippen molar-refractivity contribution in [1.82, 2.24) is 0 Å². The molecule has 0 radical (unpaired) electrons. The summed E-state index contributed by atoms with van der Waals surface area (Å²) in [4.78, 5) is 5.17. The van der Waals surface area contributed by atoms with E-state index >= 15 is 0 Å². The van der Waals surface area contributed by atoms with Gasteiger partial charge in [0.15, 0.2) is 0 Å². The smallest absolute Gasteiger partial charge is 0.0813 e. The zero-order chi connectivity index (χ0) is 22.6. The lowest BCUT2D eigenvalue weighted by molar-refractivity contribution is 0.795. The fraction of sp³-hybridized carbons (Fsp3) is 0.129. The van der Waals surface area contributed by atoms with Gasteiger partial charge < -0.3 is 5.32 Å². The van der Waals surface area contributed by atoms with E-state index in [1.54, 1.807) is 0 Å². The van der Waals surface area contributed by atoms with Crippen LogP contribution in [0.25, 0.3) is 21.5 Å². The van der Waals surface area contributed by atoms with Crippen LogP contribution < -0.4 is 10.7 Å². The van der Waals surface area contributed by atoms with Crippen molar-refractivity contribution in [1.29, 1.82) is 0 Å². The number of hydrogen-bond acceptors (Lipinski definition) is 2. The van der Waals surface area contributed by atoms with Gasteiger partial charge >= 0.3 is 0 Å². The molecule has 5 aromatic carbocycles. The minimum Gasteiger partial charge on any atom is -0.377 e. The van der Waals surface area contributed by atoms with Gasteiger partial charge in [0.25, 0.3) is 0 Å². The molecule has 5 aromatic rings. The monoisotopic (exact) mass is 428 g/mol. The lowest BCUT2D eigenvalue weighted by atomic mass is 9.99. The van der Waals surface area contributed by atoms with Gasteiger partial charge in [0, 0.05) is 6.04 Å². The van der Waals surface area contributed by atoms with Crippen molar-refractivity contribution in [2.24, 2.45) is 4.99 Å². The Bertz CT molecular complexity index is 1480. The van der Waals surface area contributed by atoms with Gasteiger partial charge in [0.1, 0.15) is 0 Å². The fourth-order valence-electron chi connectivity index (χ4n) is 4.60. The second kappa shape index (κ2) is 9.30. The Kier molecular flexibility index (Phi) is 5.91. The largest absolute Gasteiger partial charge is 0.377 e. The minimum atomic E-state index is 0.0342. The van der Waals surface area contributed by atoms with E-state index < -0.39 is 0 Å². The molecule has 162 valence electrons. The van der Waals surface area contributed by atoms with Gasteiger partial charge in [0.2, 0.25) is 0 Å². The van der Waals surface area contributed by atoms with Crippen LogP contribution in [0.1, 0.15) is 37.1 Å². The second-order valence-corrected chi connectivity index (χ2v) is 8.52. The van der Waals surface area contributed by atoms with Crippen LogP contribution in [0.3, 0.4) is 0 Å². The molecule has 0 aliphatic carbocycles. The summed E-state index contributed by atoms with van der Waals surface area (Å²) in [6.07, 6.45) is 0. The van der Waals surface area contributed by atoms with Gasteiger partial charge in [-0.25, -0.2) is 0 Å². The standard InChI is InChI=1S/C31H28N2/c1-22(26-18-10-14-24-12-6-8-16-28(24)26)32-30-20-4-3-5-21-31(30)33-23(2)27-19-11-15-25-13-7-9-17-29(25)27/h3-23H,1-2H3,(H,32,33)/t22-,23-/m1/s1. The molecule has 2 heteroatoms. The minimum absolute atomic E-state index is 0.0342. The van der Waals surface area contributed by atoms with Crippen molar-refractivity contribution in [3.8, 4) is 0 Å². The van der Waals surface area contributed by atoms with E-state index in [9.17, 15) is 0 Å². The summed E-state index contributed by atoms with van der Waals surface area (Å²) in [7, 11) is 0. The molecular weight excluding hydrogens is 400 g/mol. The van der Waals surface area contributed by atoms with Crippen molar-refractivity contribution in [2.45, 2.75) is 25.9 Å². The summed E-state index contributed by atoms with van der Waals surface area (Å²) >= 11 is 0.